The Labute approximate surface area is 124 Å². The van der Waals surface area contributed by atoms with Gasteiger partial charge in [0.05, 0.1) is 12.9 Å². The van der Waals surface area contributed by atoms with Gasteiger partial charge < -0.3 is 25.0 Å². The Bertz CT molecular complexity index is 597. The Kier molecular flexibility index (Phi) is 3.53. The van der Waals surface area contributed by atoms with Crippen LogP contribution in [0, 0.1) is 0 Å². The van der Waals surface area contributed by atoms with Gasteiger partial charge in [-0.2, -0.15) is 0 Å². The fourth-order valence-corrected chi connectivity index (χ4v) is 2.59. The van der Waals surface area contributed by atoms with Gasteiger partial charge in [0, 0.05) is 7.11 Å². The number of hydrogen-bond acceptors (Lipinski definition) is 8. The summed E-state index contributed by atoms with van der Waals surface area (Å²) < 4.78 is 26.2. The first-order chi connectivity index (χ1) is 10.4. The molecule has 1 aromatic rings. The molecule has 1 amide bonds. The van der Waals surface area contributed by atoms with E-state index in [4.69, 9.17) is 20.4 Å². The number of nitrogens with two attached hydrogens (primary N) is 1. The van der Waals surface area contributed by atoms with Crippen molar-refractivity contribution in [2.24, 2.45) is 5.84 Å². The smallest absolute Gasteiger partial charge is 0.291 e. The number of methoxy groups -OCH3 is 1. The van der Waals surface area contributed by atoms with E-state index in [-0.39, 0.29) is 18.2 Å². The number of rotatable bonds is 3. The minimum atomic E-state index is -2.60. The van der Waals surface area contributed by atoms with Crippen LogP contribution in [0.15, 0.2) is 6.33 Å². The molecule has 22 heavy (non-hydrogen) atoms. The molecule has 0 saturated carbocycles. The fourth-order valence-electron chi connectivity index (χ4n) is 2.59. The summed E-state index contributed by atoms with van der Waals surface area (Å²) in [6.07, 6.45) is -3.11. The van der Waals surface area contributed by atoms with Crippen LogP contribution in [0.3, 0.4) is 0 Å². The molecule has 0 radical (unpaired) electrons. The van der Waals surface area contributed by atoms with E-state index in [0.29, 0.717) is 0 Å². The molecule has 0 unspecified atom stereocenters. The van der Waals surface area contributed by atoms with Crippen molar-refractivity contribution in [1.29, 1.82) is 0 Å². The van der Waals surface area contributed by atoms with Crippen LogP contribution in [0.1, 0.15) is 16.7 Å². The molecule has 10 nitrogen and oxygen atoms in total. The molecule has 0 spiro atoms. The molecular weight excluding hydrogens is 301 g/mol. The lowest BCUT2D eigenvalue weighted by atomic mass is 10.1. The second-order valence-corrected chi connectivity index (χ2v) is 5.02. The zero-order chi connectivity index (χ0) is 16.1. The predicted molar refractivity (Wildman–Crippen MR) is 68.9 cm³/mol. The van der Waals surface area contributed by atoms with Gasteiger partial charge in [0.1, 0.15) is 24.7 Å². The molecular formula is C11H16FN5O5. The maximum atomic E-state index is 14.9. The van der Waals surface area contributed by atoms with Gasteiger partial charge in [0.2, 0.25) is 0 Å². The number of carbonyl (C=O) groups excluding carboxylic acids is 1. The molecule has 1 fully saturated rings. The van der Waals surface area contributed by atoms with Crippen molar-refractivity contribution >= 4 is 11.7 Å². The lowest BCUT2D eigenvalue weighted by Crippen LogP contribution is -2.47. The SMILES string of the molecule is CO[C@@]1(F)[C@H](O)[C@@H](CO)O[C@H]1n1cnc2c1NCN(N)C2=O. The summed E-state index contributed by atoms with van der Waals surface area (Å²) in [5.41, 5.74) is -0.00209. The summed E-state index contributed by atoms with van der Waals surface area (Å²) >= 11 is 0. The summed E-state index contributed by atoms with van der Waals surface area (Å²) in [6, 6.07) is 0. The third kappa shape index (κ3) is 1.90. The Morgan fingerprint density at radius 1 is 1.73 bits per heavy atom. The number of halogens is 1. The van der Waals surface area contributed by atoms with Crippen molar-refractivity contribution in [2.45, 2.75) is 24.3 Å². The molecule has 4 atom stereocenters. The van der Waals surface area contributed by atoms with E-state index in [1.54, 1.807) is 0 Å². The summed E-state index contributed by atoms with van der Waals surface area (Å²) in [4.78, 5) is 15.8. The molecule has 11 heteroatoms. The number of amides is 1. The predicted octanol–water partition coefficient (Wildman–Crippen LogP) is -1.86. The molecule has 3 rings (SSSR count). The number of hydrogen-bond donors (Lipinski definition) is 4. The maximum Gasteiger partial charge on any atom is 0.291 e. The maximum absolute atomic E-state index is 14.9. The summed E-state index contributed by atoms with van der Waals surface area (Å²) in [7, 11) is 1.07. The summed E-state index contributed by atoms with van der Waals surface area (Å²) in [5.74, 6) is 2.53. The van der Waals surface area contributed by atoms with Crippen LogP contribution >= 0.6 is 0 Å². The Balaban J connectivity index is 2.01. The third-order valence-electron chi connectivity index (χ3n) is 3.82. The summed E-state index contributed by atoms with van der Waals surface area (Å²) in [6.45, 7) is -0.588. The van der Waals surface area contributed by atoms with Gasteiger partial charge in [-0.05, 0) is 0 Å². The number of aliphatic hydroxyl groups is 2. The van der Waals surface area contributed by atoms with Crippen LogP contribution in [-0.2, 0) is 9.47 Å². The molecule has 0 aromatic carbocycles. The standard InChI is InChI=1S/C11H16FN5O5/c1-21-11(12)7(19)5(2-18)22-10(11)16-3-14-6-8(16)15-4-17(13)9(6)20/h3,5,7,10,15,18-19H,2,4,13H2,1H3/t5-,7-,10-,11+/m1/s1. The topological polar surface area (TPSA) is 135 Å². The number of aliphatic hydroxyl groups excluding tert-OH is 2. The number of fused-ring (bicyclic) bond motifs is 1. The Morgan fingerprint density at radius 2 is 2.45 bits per heavy atom. The molecule has 1 saturated heterocycles. The molecule has 3 heterocycles. The molecule has 122 valence electrons. The number of ether oxygens (including phenoxy) is 2. The van der Waals surface area contributed by atoms with Crippen molar-refractivity contribution in [3.63, 3.8) is 0 Å². The van der Waals surface area contributed by atoms with Crippen molar-refractivity contribution in [3.8, 4) is 0 Å². The zero-order valence-corrected chi connectivity index (χ0v) is 11.6. The third-order valence-corrected chi connectivity index (χ3v) is 3.82. The van der Waals surface area contributed by atoms with Crippen molar-refractivity contribution < 1.29 is 28.9 Å². The first-order valence-electron chi connectivity index (χ1n) is 6.49. The molecule has 2 aliphatic rings. The molecule has 5 N–H and O–H groups in total. The second kappa shape index (κ2) is 5.14. The lowest BCUT2D eigenvalue weighted by molar-refractivity contribution is -0.215. The minimum absolute atomic E-state index is 0.00209. The number of carbonyl (C=O) groups is 1. The molecule has 0 aliphatic carbocycles. The van der Waals surface area contributed by atoms with E-state index >= 15 is 0 Å². The Hall–Kier alpha value is -1.79. The highest BCUT2D eigenvalue weighted by atomic mass is 19.2. The Morgan fingerprint density at radius 3 is 3.09 bits per heavy atom. The van der Waals surface area contributed by atoms with Gasteiger partial charge in [-0.25, -0.2) is 15.2 Å². The van der Waals surface area contributed by atoms with Crippen LogP contribution in [0.25, 0.3) is 0 Å². The van der Waals surface area contributed by atoms with Gasteiger partial charge in [-0.1, -0.05) is 0 Å². The number of aromatic nitrogens is 2. The summed E-state index contributed by atoms with van der Waals surface area (Å²) in [5, 5.41) is 22.8. The largest absolute Gasteiger partial charge is 0.394 e. The first-order valence-corrected chi connectivity index (χ1v) is 6.49. The van der Waals surface area contributed by atoms with Gasteiger partial charge in [-0.3, -0.25) is 14.4 Å². The van der Waals surface area contributed by atoms with E-state index in [0.717, 1.165) is 12.1 Å². The van der Waals surface area contributed by atoms with Crippen LogP contribution in [0.2, 0.25) is 0 Å². The van der Waals surface area contributed by atoms with Crippen LogP contribution in [0.5, 0.6) is 0 Å². The second-order valence-electron chi connectivity index (χ2n) is 5.02. The number of imidazole rings is 1. The monoisotopic (exact) mass is 317 g/mol. The van der Waals surface area contributed by atoms with E-state index in [1.165, 1.54) is 10.9 Å². The normalized spacial score (nSPS) is 34.7. The van der Waals surface area contributed by atoms with Crippen LogP contribution < -0.4 is 11.2 Å². The van der Waals surface area contributed by atoms with Gasteiger partial charge in [-0.15, -0.1) is 0 Å². The molecule has 0 bridgehead atoms. The lowest BCUT2D eigenvalue weighted by Gasteiger charge is -2.30. The van der Waals surface area contributed by atoms with Crippen molar-refractivity contribution in [1.82, 2.24) is 14.6 Å². The van der Waals surface area contributed by atoms with E-state index in [1.807, 2.05) is 0 Å². The highest BCUT2D eigenvalue weighted by Gasteiger charge is 2.59. The van der Waals surface area contributed by atoms with Gasteiger partial charge in [0.15, 0.2) is 11.9 Å². The van der Waals surface area contributed by atoms with Crippen molar-refractivity contribution in [2.75, 3.05) is 25.7 Å². The number of alkyl halides is 1. The quantitative estimate of drug-likeness (QED) is 0.377. The molecule has 2 aliphatic heterocycles. The zero-order valence-electron chi connectivity index (χ0n) is 11.6. The first kappa shape index (κ1) is 15.1. The fraction of sp³-hybridized carbons (Fsp3) is 0.636. The van der Waals surface area contributed by atoms with Gasteiger partial charge in [0.25, 0.3) is 11.8 Å². The van der Waals surface area contributed by atoms with E-state index in [2.05, 4.69) is 10.3 Å². The van der Waals surface area contributed by atoms with Gasteiger partial charge >= 0.3 is 0 Å². The minimum Gasteiger partial charge on any atom is -0.394 e. The number of hydrazine groups is 1. The highest BCUT2D eigenvalue weighted by Crippen LogP contribution is 2.44. The van der Waals surface area contributed by atoms with Crippen molar-refractivity contribution in [3.05, 3.63) is 12.0 Å². The van der Waals surface area contributed by atoms with Crippen LogP contribution in [-0.4, -0.2) is 69.1 Å². The number of anilines is 1. The average Bonchev–Trinajstić information content (AvgIpc) is 3.04. The van der Waals surface area contributed by atoms with Crippen LogP contribution in [0.4, 0.5) is 10.2 Å². The average molecular weight is 317 g/mol. The van der Waals surface area contributed by atoms with E-state index in [9.17, 15) is 14.3 Å². The number of nitrogens with zero attached hydrogens (tertiary/aromatic N) is 3. The van der Waals surface area contributed by atoms with E-state index < -0.39 is 36.8 Å². The molecule has 1 aromatic heterocycles. The number of nitrogens with one attached hydrogen (secondary N) is 1. The highest BCUT2D eigenvalue weighted by molar-refractivity contribution is 5.98.